The number of hydrogen-bond acceptors (Lipinski definition) is 2. The van der Waals surface area contributed by atoms with Crippen molar-refractivity contribution in [1.82, 2.24) is 9.88 Å². The van der Waals surface area contributed by atoms with Crippen molar-refractivity contribution in [3.8, 4) is 0 Å². The van der Waals surface area contributed by atoms with Crippen molar-refractivity contribution < 1.29 is 4.79 Å². The van der Waals surface area contributed by atoms with Gasteiger partial charge in [0.15, 0.2) is 5.96 Å². The number of hydrogen-bond donors (Lipinski definition) is 3. The molecule has 0 fully saturated rings. The molecule has 5 nitrogen and oxygen atoms in total. The smallest absolute Gasteiger partial charge is 0.275 e. The van der Waals surface area contributed by atoms with Crippen LogP contribution in [0.5, 0.6) is 0 Å². The third kappa shape index (κ3) is 2.34. The summed E-state index contributed by atoms with van der Waals surface area (Å²) in [5, 5.41) is 10.3. The number of carbonyl (C=O) groups excluding carboxylic acids is 1. The SMILES string of the molecule is Cl.Cn1c(C(=O)NC(=N)N)c(Br)c2ccccc21. The molecule has 96 valence electrons. The molecule has 0 saturated carbocycles. The standard InChI is InChI=1S/C11H11BrN4O.ClH/c1-16-7-5-3-2-4-6(7)8(12)9(16)10(17)15-11(13)14;/h2-5H,1H3,(H4,13,14,15,17);1H. The van der Waals surface area contributed by atoms with E-state index < -0.39 is 5.91 Å². The number of rotatable bonds is 1. The molecule has 0 radical (unpaired) electrons. The van der Waals surface area contributed by atoms with Crippen molar-refractivity contribution in [2.45, 2.75) is 0 Å². The molecule has 1 aromatic carbocycles. The van der Waals surface area contributed by atoms with Gasteiger partial charge in [-0.15, -0.1) is 12.4 Å². The van der Waals surface area contributed by atoms with Crippen LogP contribution in [-0.4, -0.2) is 16.4 Å². The molecule has 2 aromatic rings. The molecule has 0 saturated heterocycles. The number of nitrogens with zero attached hydrogens (tertiary/aromatic N) is 1. The first-order valence-corrected chi connectivity index (χ1v) is 5.70. The average Bonchev–Trinajstić information content (AvgIpc) is 2.51. The van der Waals surface area contributed by atoms with Crippen LogP contribution in [0.15, 0.2) is 28.7 Å². The lowest BCUT2D eigenvalue weighted by molar-refractivity contribution is 0.0968. The Hall–Kier alpha value is -1.53. The number of nitrogens with two attached hydrogens (primary N) is 1. The molecular weight excluding hydrogens is 320 g/mol. The van der Waals surface area contributed by atoms with Gasteiger partial charge in [-0.25, -0.2) is 0 Å². The van der Waals surface area contributed by atoms with Gasteiger partial charge < -0.3 is 10.3 Å². The third-order valence-electron chi connectivity index (χ3n) is 2.51. The highest BCUT2D eigenvalue weighted by atomic mass is 79.9. The minimum atomic E-state index is -0.400. The summed E-state index contributed by atoms with van der Waals surface area (Å²) < 4.78 is 2.46. The van der Waals surface area contributed by atoms with Crippen LogP contribution in [0.1, 0.15) is 10.5 Å². The van der Waals surface area contributed by atoms with Crippen molar-refractivity contribution in [3.63, 3.8) is 0 Å². The molecule has 1 aromatic heterocycles. The predicted molar refractivity (Wildman–Crippen MR) is 77.2 cm³/mol. The number of fused-ring (bicyclic) bond motifs is 1. The zero-order chi connectivity index (χ0) is 12.6. The number of halogens is 2. The molecule has 7 heteroatoms. The van der Waals surface area contributed by atoms with Gasteiger partial charge in [-0.1, -0.05) is 18.2 Å². The Morgan fingerprint density at radius 3 is 2.61 bits per heavy atom. The van der Waals surface area contributed by atoms with Crippen molar-refractivity contribution >= 4 is 51.1 Å². The predicted octanol–water partition coefficient (Wildman–Crippen LogP) is 1.99. The summed E-state index contributed by atoms with van der Waals surface area (Å²) in [7, 11) is 1.79. The summed E-state index contributed by atoms with van der Waals surface area (Å²) in [6.45, 7) is 0. The largest absolute Gasteiger partial charge is 0.370 e. The first-order valence-electron chi connectivity index (χ1n) is 4.90. The fourth-order valence-electron chi connectivity index (χ4n) is 1.78. The van der Waals surface area contributed by atoms with Crippen LogP contribution >= 0.6 is 28.3 Å². The molecule has 0 unspecified atom stereocenters. The summed E-state index contributed by atoms with van der Waals surface area (Å²) in [5.74, 6) is -0.768. The van der Waals surface area contributed by atoms with Crippen LogP contribution in [0.3, 0.4) is 0 Å². The van der Waals surface area contributed by atoms with Gasteiger partial charge in [-0.2, -0.15) is 0 Å². The van der Waals surface area contributed by atoms with Gasteiger partial charge in [0.05, 0.1) is 4.47 Å². The van der Waals surface area contributed by atoms with Gasteiger partial charge in [0.25, 0.3) is 5.91 Å². The van der Waals surface area contributed by atoms with Crippen LogP contribution in [0.25, 0.3) is 10.9 Å². The summed E-state index contributed by atoms with van der Waals surface area (Å²) >= 11 is 3.40. The number of benzene rings is 1. The number of aromatic nitrogens is 1. The Kier molecular flexibility index (Phi) is 4.37. The van der Waals surface area contributed by atoms with E-state index >= 15 is 0 Å². The van der Waals surface area contributed by atoms with E-state index in [9.17, 15) is 4.79 Å². The molecule has 0 aliphatic carbocycles. The maximum atomic E-state index is 11.9. The lowest BCUT2D eigenvalue weighted by atomic mass is 10.2. The van der Waals surface area contributed by atoms with Crippen molar-refractivity contribution in [1.29, 1.82) is 5.41 Å². The maximum absolute atomic E-state index is 11.9. The van der Waals surface area contributed by atoms with Gasteiger partial charge in [-0.05, 0) is 22.0 Å². The zero-order valence-corrected chi connectivity index (χ0v) is 11.9. The Morgan fingerprint density at radius 2 is 2.06 bits per heavy atom. The highest BCUT2D eigenvalue weighted by molar-refractivity contribution is 9.10. The van der Waals surface area contributed by atoms with Crippen LogP contribution < -0.4 is 11.1 Å². The number of nitrogens with one attached hydrogen (secondary N) is 2. The zero-order valence-electron chi connectivity index (χ0n) is 9.53. The van der Waals surface area contributed by atoms with Gasteiger partial charge in [0.1, 0.15) is 5.69 Å². The van der Waals surface area contributed by atoms with Crippen molar-refractivity contribution in [2.75, 3.05) is 0 Å². The van der Waals surface area contributed by atoms with Gasteiger partial charge in [0.2, 0.25) is 0 Å². The lowest BCUT2D eigenvalue weighted by Gasteiger charge is -2.04. The van der Waals surface area contributed by atoms with Crippen LogP contribution in [0.2, 0.25) is 0 Å². The van der Waals surface area contributed by atoms with E-state index in [0.29, 0.717) is 10.2 Å². The lowest BCUT2D eigenvalue weighted by Crippen LogP contribution is -2.36. The van der Waals surface area contributed by atoms with Crippen molar-refractivity contribution in [3.05, 3.63) is 34.4 Å². The quantitative estimate of drug-likeness (QED) is 0.551. The van der Waals surface area contributed by atoms with E-state index in [1.165, 1.54) is 0 Å². The Bertz CT molecular complexity index is 584. The number of amides is 1. The second-order valence-electron chi connectivity index (χ2n) is 3.61. The van der Waals surface area contributed by atoms with E-state index in [0.717, 1.165) is 10.9 Å². The summed E-state index contributed by atoms with van der Waals surface area (Å²) in [5.41, 5.74) is 6.54. The number of aryl methyl sites for hydroxylation is 1. The molecule has 0 bridgehead atoms. The summed E-state index contributed by atoms with van der Waals surface area (Å²) in [6.07, 6.45) is 0. The summed E-state index contributed by atoms with van der Waals surface area (Å²) in [4.78, 5) is 11.9. The normalized spacial score (nSPS) is 9.89. The van der Waals surface area contributed by atoms with Crippen LogP contribution in [0.4, 0.5) is 0 Å². The van der Waals surface area contributed by atoms with E-state index in [-0.39, 0.29) is 18.4 Å². The Labute approximate surface area is 118 Å². The molecule has 0 aliphatic heterocycles. The van der Waals surface area contributed by atoms with E-state index in [2.05, 4.69) is 21.2 Å². The average molecular weight is 332 g/mol. The highest BCUT2D eigenvalue weighted by Crippen LogP contribution is 2.29. The topological polar surface area (TPSA) is 83.9 Å². The second-order valence-corrected chi connectivity index (χ2v) is 4.40. The highest BCUT2D eigenvalue weighted by Gasteiger charge is 2.19. The van der Waals surface area contributed by atoms with Gasteiger partial charge in [-0.3, -0.25) is 15.5 Å². The van der Waals surface area contributed by atoms with E-state index in [1.807, 2.05) is 24.3 Å². The van der Waals surface area contributed by atoms with E-state index in [4.69, 9.17) is 11.1 Å². The molecule has 1 amide bonds. The van der Waals surface area contributed by atoms with Crippen LogP contribution in [-0.2, 0) is 7.05 Å². The Balaban J connectivity index is 0.00000162. The molecule has 0 spiro atoms. The molecule has 2 rings (SSSR count). The van der Waals surface area contributed by atoms with Crippen molar-refractivity contribution in [2.24, 2.45) is 12.8 Å². The minimum absolute atomic E-state index is 0. The molecule has 0 atom stereocenters. The molecule has 4 N–H and O–H groups in total. The van der Waals surface area contributed by atoms with E-state index in [1.54, 1.807) is 11.6 Å². The third-order valence-corrected chi connectivity index (χ3v) is 3.31. The molecule has 18 heavy (non-hydrogen) atoms. The summed E-state index contributed by atoms with van der Waals surface area (Å²) in [6, 6.07) is 7.65. The molecular formula is C11H12BrClN4O. The fraction of sp³-hybridized carbons (Fsp3) is 0.0909. The minimum Gasteiger partial charge on any atom is -0.370 e. The molecule has 0 aliphatic rings. The van der Waals surface area contributed by atoms with Gasteiger partial charge in [0, 0.05) is 18.0 Å². The second kappa shape index (κ2) is 5.41. The maximum Gasteiger partial charge on any atom is 0.275 e. The first-order chi connectivity index (χ1) is 8.02. The molecule has 1 heterocycles. The Morgan fingerprint density at radius 1 is 1.44 bits per heavy atom. The fourth-order valence-corrected chi connectivity index (χ4v) is 2.56. The number of para-hydroxylation sites is 1. The first kappa shape index (κ1) is 14.5. The number of guanidine groups is 1. The number of carbonyl (C=O) groups is 1. The monoisotopic (exact) mass is 330 g/mol. The van der Waals surface area contributed by atoms with Gasteiger partial charge >= 0.3 is 0 Å². The van der Waals surface area contributed by atoms with Crippen LogP contribution in [0, 0.1) is 5.41 Å².